The van der Waals surface area contributed by atoms with E-state index in [0.29, 0.717) is 6.92 Å². The second kappa shape index (κ2) is 3.55. The fraction of sp³-hybridized carbons (Fsp3) is 0.500. The van der Waals surface area contributed by atoms with Gasteiger partial charge < -0.3 is 0 Å². The van der Waals surface area contributed by atoms with E-state index in [1.165, 1.54) is 0 Å². The second-order valence-corrected chi connectivity index (χ2v) is 2.29. The molecule has 0 heterocycles. The van der Waals surface area contributed by atoms with Crippen LogP contribution in [0.15, 0.2) is 0 Å². The molecule has 0 bridgehead atoms. The van der Waals surface area contributed by atoms with E-state index in [0.717, 1.165) is 0 Å². The molecule has 0 fully saturated rings. The van der Waals surface area contributed by atoms with E-state index in [1.54, 1.807) is 0 Å². The zero-order chi connectivity index (χ0) is 6.08. The molecule has 0 aliphatic carbocycles. The third-order valence-electron chi connectivity index (χ3n) is 0.326. The van der Waals surface area contributed by atoms with Gasteiger partial charge in [0, 0.05) is 29.3 Å². The molecule has 0 aliphatic rings. The molecule has 0 aromatic heterocycles. The van der Waals surface area contributed by atoms with Crippen molar-refractivity contribution in [3.8, 4) is 0 Å². The van der Waals surface area contributed by atoms with E-state index < -0.39 is 16.3 Å². The predicted molar refractivity (Wildman–Crippen MR) is 21.6 cm³/mol. The summed E-state index contributed by atoms with van der Waals surface area (Å²) in [5.74, 6) is 0. The van der Waals surface area contributed by atoms with Crippen LogP contribution in [-0.4, -0.2) is 5.12 Å². The number of carbonyl (C=O) groups is 1. The van der Waals surface area contributed by atoms with Crippen molar-refractivity contribution in [1.82, 2.24) is 0 Å². The molecule has 55 valence electrons. The van der Waals surface area contributed by atoms with Gasteiger partial charge in [-0.25, -0.2) is 0 Å². The van der Waals surface area contributed by atoms with Crippen molar-refractivity contribution in [1.29, 1.82) is 0 Å². The summed E-state index contributed by atoms with van der Waals surface area (Å²) >= 11 is -5.38. The van der Waals surface area contributed by atoms with Crippen LogP contribution in [0, 0.1) is 0 Å². The van der Waals surface area contributed by atoms with Crippen molar-refractivity contribution in [3.63, 3.8) is 0 Å². The second-order valence-electron chi connectivity index (χ2n) is 0.898. The van der Waals surface area contributed by atoms with Crippen LogP contribution < -0.4 is 0 Å². The Morgan fingerprint density at radius 2 is 1.50 bits per heavy atom. The summed E-state index contributed by atoms with van der Waals surface area (Å²) in [6.45, 7) is 0.523. The van der Waals surface area contributed by atoms with E-state index in [2.05, 4.69) is 0 Å². The van der Waals surface area contributed by atoms with Gasteiger partial charge in [-0.2, -0.15) is 0 Å². The molecule has 0 saturated carbocycles. The van der Waals surface area contributed by atoms with Crippen molar-refractivity contribution in [2.45, 2.75) is 6.92 Å². The van der Waals surface area contributed by atoms with E-state index in [9.17, 15) is 16.5 Å². The molecule has 1 radical (unpaired) electrons. The number of hydrogen-bond acceptors (Lipinski definition) is 1. The standard InChI is InChI=1S/C2H3F3OS.Ag/c1-2(6)7(3,4)5;/h1H3;. The number of hydrogen-bond donors (Lipinski definition) is 0. The Balaban J connectivity index is 0. The summed E-state index contributed by atoms with van der Waals surface area (Å²) < 4.78 is 32.7. The zero-order valence-electron chi connectivity index (χ0n) is 3.75. The Bertz CT molecular complexity index is 89.8. The van der Waals surface area contributed by atoms with Gasteiger partial charge in [0.1, 0.15) is 0 Å². The smallest absolute Gasteiger partial charge is 0.270 e. The average Bonchev–Trinajstić information content (AvgIpc) is 1.31. The van der Waals surface area contributed by atoms with E-state index in [4.69, 9.17) is 0 Å². The minimum atomic E-state index is -5.38. The molecule has 1 nitrogen and oxygen atoms in total. The molecule has 6 heteroatoms. The van der Waals surface area contributed by atoms with Crippen LogP contribution in [0.3, 0.4) is 0 Å². The molecule has 0 rings (SSSR count). The Hall–Kier alpha value is 0.550. The third kappa shape index (κ3) is 4.70. The van der Waals surface area contributed by atoms with Crippen LogP contribution >= 0.6 is 11.2 Å². The molecular weight excluding hydrogens is 237 g/mol. The van der Waals surface area contributed by atoms with Crippen LogP contribution in [0.25, 0.3) is 0 Å². The summed E-state index contributed by atoms with van der Waals surface area (Å²) in [4.78, 5) is 9.38. The maximum Gasteiger partial charge on any atom is 0.270 e. The van der Waals surface area contributed by atoms with Gasteiger partial charge in [0.15, 0.2) is 0 Å². The topological polar surface area (TPSA) is 17.1 Å². The maximum atomic E-state index is 10.9. The SMILES string of the molecule is CC(=O)S(F)(F)F.[Ag]. The minimum Gasteiger partial charge on any atom is -0.281 e. The Morgan fingerprint density at radius 1 is 1.38 bits per heavy atom. The number of carbonyl (C=O) groups excluding carboxylic acids is 1. The van der Waals surface area contributed by atoms with Gasteiger partial charge in [-0.1, -0.05) is 0 Å². The summed E-state index contributed by atoms with van der Waals surface area (Å²) in [5, 5.41) is -1.67. The van der Waals surface area contributed by atoms with Crippen molar-refractivity contribution >= 4 is 16.3 Å². The van der Waals surface area contributed by atoms with Gasteiger partial charge in [-0.05, 0) is 0 Å². The minimum absolute atomic E-state index is 0. The van der Waals surface area contributed by atoms with Crippen LogP contribution in [0.2, 0.25) is 0 Å². The summed E-state index contributed by atoms with van der Waals surface area (Å²) in [6.07, 6.45) is 0. The fourth-order valence-electron chi connectivity index (χ4n) is 0. The van der Waals surface area contributed by atoms with Crippen molar-refractivity contribution < 1.29 is 38.8 Å². The van der Waals surface area contributed by atoms with Crippen LogP contribution in [0.1, 0.15) is 6.92 Å². The molecule has 0 saturated heterocycles. The third-order valence-corrected chi connectivity index (χ3v) is 0.978. The summed E-state index contributed by atoms with van der Waals surface area (Å²) in [7, 11) is 0. The van der Waals surface area contributed by atoms with Gasteiger partial charge in [0.05, 0.1) is 0 Å². The first-order valence-electron chi connectivity index (χ1n) is 1.37. The largest absolute Gasteiger partial charge is 0.281 e. The van der Waals surface area contributed by atoms with E-state index >= 15 is 0 Å². The Kier molecular flexibility index (Phi) is 5.04. The van der Waals surface area contributed by atoms with Crippen LogP contribution in [-0.2, 0) is 27.2 Å². The summed E-state index contributed by atoms with van der Waals surface area (Å²) in [6, 6.07) is 0. The maximum absolute atomic E-state index is 10.9. The molecule has 0 amide bonds. The van der Waals surface area contributed by atoms with Gasteiger partial charge in [-0.15, -0.1) is 11.7 Å². The fourth-order valence-corrected chi connectivity index (χ4v) is 0. The Labute approximate surface area is 62.3 Å². The number of halogens is 3. The van der Waals surface area contributed by atoms with E-state index in [-0.39, 0.29) is 22.4 Å². The van der Waals surface area contributed by atoms with Crippen molar-refractivity contribution in [2.75, 3.05) is 0 Å². The van der Waals surface area contributed by atoms with Gasteiger partial charge >= 0.3 is 0 Å². The average molecular weight is 240 g/mol. The number of rotatable bonds is 0. The van der Waals surface area contributed by atoms with Crippen molar-refractivity contribution in [2.24, 2.45) is 0 Å². The quantitative estimate of drug-likeness (QED) is 0.591. The van der Waals surface area contributed by atoms with Crippen LogP contribution in [0.4, 0.5) is 11.7 Å². The molecule has 8 heavy (non-hydrogen) atoms. The molecule has 0 spiro atoms. The van der Waals surface area contributed by atoms with Gasteiger partial charge in [0.25, 0.3) is 16.3 Å². The van der Waals surface area contributed by atoms with Gasteiger partial charge in [0.2, 0.25) is 0 Å². The summed E-state index contributed by atoms with van der Waals surface area (Å²) in [5.41, 5.74) is 0. The Morgan fingerprint density at radius 3 is 1.50 bits per heavy atom. The van der Waals surface area contributed by atoms with Gasteiger partial charge in [-0.3, -0.25) is 4.79 Å². The monoisotopic (exact) mass is 239 g/mol. The van der Waals surface area contributed by atoms with E-state index in [1.807, 2.05) is 0 Å². The molecule has 0 unspecified atom stereocenters. The van der Waals surface area contributed by atoms with Crippen LogP contribution in [0.5, 0.6) is 0 Å². The predicted octanol–water partition coefficient (Wildman–Crippen LogP) is 1.99. The normalized spacial score (nSPS) is 12.0. The van der Waals surface area contributed by atoms with Crippen molar-refractivity contribution in [3.05, 3.63) is 0 Å². The zero-order valence-corrected chi connectivity index (χ0v) is 6.05. The molecular formula is C2H3AgF3OS. The first-order valence-corrected chi connectivity index (χ1v) is 2.71. The molecule has 0 aromatic carbocycles. The first-order chi connectivity index (χ1) is 2.94. The molecule has 0 aliphatic heterocycles. The first kappa shape index (κ1) is 11.4. The molecule has 0 atom stereocenters. The molecule has 0 aromatic rings. The molecule has 0 N–H and O–H groups in total.